The Morgan fingerprint density at radius 2 is 1.76 bits per heavy atom. The van der Waals surface area contributed by atoms with Crippen LogP contribution in [0.15, 0.2) is 79.9 Å². The van der Waals surface area contributed by atoms with Crippen molar-refractivity contribution >= 4 is 24.2 Å². The highest BCUT2D eigenvalue weighted by atomic mass is 16.6. The molecule has 1 aliphatic heterocycles. The maximum atomic E-state index is 14.3. The van der Waals surface area contributed by atoms with Crippen molar-refractivity contribution in [2.24, 2.45) is 5.92 Å². The molecule has 1 saturated carbocycles. The Labute approximate surface area is 299 Å². The van der Waals surface area contributed by atoms with Crippen molar-refractivity contribution in [3.63, 3.8) is 0 Å². The molecule has 0 spiro atoms. The number of nitrogens with zero attached hydrogens (tertiary/aromatic N) is 5. The van der Waals surface area contributed by atoms with Gasteiger partial charge < -0.3 is 25.1 Å². The van der Waals surface area contributed by atoms with E-state index in [2.05, 4.69) is 63.5 Å². The van der Waals surface area contributed by atoms with Crippen molar-refractivity contribution in [2.75, 3.05) is 6.54 Å². The topological polar surface area (TPSA) is 148 Å². The van der Waals surface area contributed by atoms with Crippen LogP contribution in [-0.4, -0.2) is 79.1 Å². The number of nitrogens with one attached hydrogen (secondary N) is 2. The van der Waals surface area contributed by atoms with Crippen LogP contribution in [-0.2, 0) is 25.7 Å². The fourth-order valence-corrected chi connectivity index (χ4v) is 6.54. The van der Waals surface area contributed by atoms with E-state index < -0.39 is 47.0 Å². The highest BCUT2D eigenvalue weighted by molar-refractivity contribution is 5.94. The van der Waals surface area contributed by atoms with Gasteiger partial charge >= 0.3 is 6.09 Å². The molecule has 2 fully saturated rings. The molecule has 1 saturated heterocycles. The van der Waals surface area contributed by atoms with Gasteiger partial charge in [0.15, 0.2) is 5.82 Å². The van der Waals surface area contributed by atoms with E-state index in [0.29, 0.717) is 31.6 Å². The number of benzene rings is 2. The molecule has 1 aliphatic carbocycles. The third kappa shape index (κ3) is 9.56. The molecule has 3 amide bonds. The molecule has 0 bridgehead atoms. The van der Waals surface area contributed by atoms with Gasteiger partial charge in [0.25, 0.3) is 0 Å². The molecule has 51 heavy (non-hydrogen) atoms. The summed E-state index contributed by atoms with van der Waals surface area (Å²) in [4.78, 5) is 56.1. The number of unbranched alkanes of at least 4 members (excludes halogenated alkanes) is 3. The lowest BCUT2D eigenvalue weighted by Crippen LogP contribution is -2.55. The van der Waals surface area contributed by atoms with Crippen LogP contribution in [0.2, 0.25) is 0 Å². The van der Waals surface area contributed by atoms with E-state index in [9.17, 15) is 19.2 Å². The monoisotopic (exact) mass is 695 g/mol. The van der Waals surface area contributed by atoms with Crippen LogP contribution < -0.4 is 10.6 Å². The number of rotatable bonds is 16. The van der Waals surface area contributed by atoms with Gasteiger partial charge in [-0.3, -0.25) is 9.59 Å². The Morgan fingerprint density at radius 3 is 2.41 bits per heavy atom. The molecule has 5 rings (SSSR count). The SMILES string of the molecule is C=CCCCCC[C@H](NC(=O)OC(C)(C)C)C(=O)N1C[C@H](c2nnn(Cc3ccc(-c4ccccc4)cc3)n2)C[C@H]1C(=O)N[C@]1(C=O)C[C@H]1C=C. The van der Waals surface area contributed by atoms with Crippen LogP contribution in [0.3, 0.4) is 0 Å². The molecule has 12 nitrogen and oxygen atoms in total. The zero-order valence-electron chi connectivity index (χ0n) is 29.8. The lowest BCUT2D eigenvalue weighted by atomic mass is 10.0. The number of hydrogen-bond acceptors (Lipinski definition) is 8. The zero-order valence-corrected chi connectivity index (χ0v) is 29.8. The molecule has 270 valence electrons. The second-order valence-electron chi connectivity index (χ2n) is 14.5. The van der Waals surface area contributed by atoms with Crippen molar-refractivity contribution < 1.29 is 23.9 Å². The number of hydrogen-bond donors (Lipinski definition) is 2. The third-order valence-corrected chi connectivity index (χ3v) is 9.41. The molecule has 2 aromatic carbocycles. The van der Waals surface area contributed by atoms with Crippen molar-refractivity contribution in [3.8, 4) is 11.1 Å². The van der Waals surface area contributed by atoms with Crippen molar-refractivity contribution in [2.45, 2.75) is 101 Å². The molecule has 0 unspecified atom stereocenters. The van der Waals surface area contributed by atoms with Gasteiger partial charge in [0.05, 0.1) is 6.54 Å². The van der Waals surface area contributed by atoms with E-state index in [0.717, 1.165) is 42.2 Å². The molecular formula is C39H49N7O5. The standard InChI is InChI=1S/C39H49N7O5/c1-6-8-9-10-14-17-32(40-37(50)51-38(3,4)5)36(49)45-25-30(22-33(45)35(48)41-39(26-47)23-31(39)7-2)34-42-44-46(43-34)24-27-18-20-29(21-19-27)28-15-12-11-13-16-28/h6-7,11-13,15-16,18-21,26,30-33H,1-2,8-10,14,17,22-25H2,3-5H3,(H,40,50)(H,41,48)/t30-,31-,32+,33+,39+/m1/s1. The first-order chi connectivity index (χ1) is 24.4. The minimum atomic E-state index is -1.04. The number of aldehydes is 1. The summed E-state index contributed by atoms with van der Waals surface area (Å²) in [6, 6.07) is 16.4. The van der Waals surface area contributed by atoms with Crippen molar-refractivity contribution in [1.82, 2.24) is 35.7 Å². The smallest absolute Gasteiger partial charge is 0.408 e. The normalized spacial score (nSPS) is 21.7. The van der Waals surface area contributed by atoms with Crippen molar-refractivity contribution in [1.29, 1.82) is 0 Å². The minimum absolute atomic E-state index is 0.135. The van der Waals surface area contributed by atoms with Gasteiger partial charge in [-0.1, -0.05) is 79.6 Å². The highest BCUT2D eigenvalue weighted by Gasteiger charge is 2.55. The van der Waals surface area contributed by atoms with E-state index in [1.54, 1.807) is 26.8 Å². The predicted molar refractivity (Wildman–Crippen MR) is 193 cm³/mol. The quantitative estimate of drug-likeness (QED) is 0.116. The van der Waals surface area contributed by atoms with Gasteiger partial charge in [0.1, 0.15) is 29.5 Å². The number of carbonyl (C=O) groups excluding carboxylic acids is 4. The molecule has 0 radical (unpaired) electrons. The summed E-state index contributed by atoms with van der Waals surface area (Å²) in [5.41, 5.74) is 1.41. The molecular weight excluding hydrogens is 646 g/mol. The van der Waals surface area contributed by atoms with Crippen LogP contribution >= 0.6 is 0 Å². The molecule has 2 heterocycles. The van der Waals surface area contributed by atoms with Gasteiger partial charge in [-0.15, -0.1) is 23.4 Å². The molecule has 12 heteroatoms. The van der Waals surface area contributed by atoms with E-state index in [-0.39, 0.29) is 18.9 Å². The van der Waals surface area contributed by atoms with Crippen LogP contribution in [0.5, 0.6) is 0 Å². The molecule has 2 aliphatic rings. The Kier molecular flexibility index (Phi) is 11.8. The van der Waals surface area contributed by atoms with E-state index in [4.69, 9.17) is 4.74 Å². The second-order valence-corrected chi connectivity index (χ2v) is 14.5. The fourth-order valence-electron chi connectivity index (χ4n) is 6.54. The Hall–Kier alpha value is -5.13. The number of carbonyl (C=O) groups is 4. The summed E-state index contributed by atoms with van der Waals surface area (Å²) in [6.45, 7) is 13.3. The summed E-state index contributed by atoms with van der Waals surface area (Å²) < 4.78 is 5.49. The number of alkyl carbamates (subject to hydrolysis) is 1. The average Bonchev–Trinajstić information content (AvgIpc) is 3.38. The Morgan fingerprint density at radius 1 is 1.04 bits per heavy atom. The van der Waals surface area contributed by atoms with E-state index in [1.807, 2.05) is 36.4 Å². The number of allylic oxidation sites excluding steroid dienone is 1. The van der Waals surface area contributed by atoms with E-state index >= 15 is 0 Å². The first-order valence-corrected chi connectivity index (χ1v) is 17.7. The summed E-state index contributed by atoms with van der Waals surface area (Å²) in [5, 5.41) is 18.9. The van der Waals surface area contributed by atoms with Crippen LogP contribution in [0.1, 0.15) is 83.0 Å². The van der Waals surface area contributed by atoms with Gasteiger partial charge in [-0.2, -0.15) is 4.80 Å². The molecule has 1 aromatic heterocycles. The largest absolute Gasteiger partial charge is 0.444 e. The molecule has 2 N–H and O–H groups in total. The Balaban J connectivity index is 1.34. The van der Waals surface area contributed by atoms with Gasteiger partial charge in [-0.05, 0) is 74.8 Å². The van der Waals surface area contributed by atoms with Crippen LogP contribution in [0, 0.1) is 5.92 Å². The lowest BCUT2D eigenvalue weighted by Gasteiger charge is -2.30. The molecule has 3 aromatic rings. The second kappa shape index (κ2) is 16.3. The number of amides is 3. The van der Waals surface area contributed by atoms with Gasteiger partial charge in [-0.25, -0.2) is 4.79 Å². The maximum Gasteiger partial charge on any atom is 0.408 e. The Bertz CT molecular complexity index is 1700. The first-order valence-electron chi connectivity index (χ1n) is 17.7. The van der Waals surface area contributed by atoms with E-state index in [1.165, 1.54) is 9.70 Å². The van der Waals surface area contributed by atoms with Gasteiger partial charge in [0.2, 0.25) is 11.8 Å². The summed E-state index contributed by atoms with van der Waals surface area (Å²) in [7, 11) is 0. The van der Waals surface area contributed by atoms with Crippen molar-refractivity contribution in [3.05, 3.63) is 91.3 Å². The summed E-state index contributed by atoms with van der Waals surface area (Å²) in [6.07, 6.45) is 7.84. The average molecular weight is 696 g/mol. The highest BCUT2D eigenvalue weighted by Crippen LogP contribution is 2.43. The summed E-state index contributed by atoms with van der Waals surface area (Å²) >= 11 is 0. The van der Waals surface area contributed by atoms with Gasteiger partial charge in [0, 0.05) is 18.4 Å². The predicted octanol–water partition coefficient (Wildman–Crippen LogP) is 5.36. The molecule has 5 atom stereocenters. The van der Waals surface area contributed by atoms with Crippen LogP contribution in [0.25, 0.3) is 11.1 Å². The number of tetrazole rings is 1. The maximum absolute atomic E-state index is 14.3. The van der Waals surface area contributed by atoms with Crippen LogP contribution in [0.4, 0.5) is 4.79 Å². The number of likely N-dealkylation sites (tertiary alicyclic amines) is 1. The minimum Gasteiger partial charge on any atom is -0.444 e. The zero-order chi connectivity index (χ0) is 36.6. The number of aromatic nitrogens is 4. The number of ether oxygens (including phenoxy) is 1. The summed E-state index contributed by atoms with van der Waals surface area (Å²) in [5.74, 6) is -1.04. The third-order valence-electron chi connectivity index (χ3n) is 9.41. The fraction of sp³-hybridized carbons (Fsp3) is 0.462. The lowest BCUT2D eigenvalue weighted by molar-refractivity contribution is -0.140. The first kappa shape index (κ1) is 37.1.